The Morgan fingerprint density at radius 2 is 1.61 bits per heavy atom. The van der Waals surface area contributed by atoms with Crippen molar-refractivity contribution in [2.24, 2.45) is 0 Å². The quantitative estimate of drug-likeness (QED) is 0.468. The van der Waals surface area contributed by atoms with Crippen LogP contribution in [0.4, 0.5) is 11.4 Å². The molecule has 0 spiro atoms. The van der Waals surface area contributed by atoms with Crippen LogP contribution >= 0.6 is 11.6 Å². The Hall–Kier alpha value is -3.56. The first-order chi connectivity index (χ1) is 17.3. The van der Waals surface area contributed by atoms with Crippen LogP contribution in [-0.4, -0.2) is 51.9 Å². The molecule has 1 aliphatic rings. The lowest BCUT2D eigenvalue weighted by Gasteiger charge is -2.24. The van der Waals surface area contributed by atoms with Crippen molar-refractivity contribution in [2.75, 3.05) is 36.4 Å². The Morgan fingerprint density at radius 1 is 0.972 bits per heavy atom. The lowest BCUT2D eigenvalue weighted by molar-refractivity contribution is -0.114. The van der Waals surface area contributed by atoms with E-state index in [0.717, 1.165) is 17.1 Å². The molecule has 4 rings (SSSR count). The van der Waals surface area contributed by atoms with E-state index in [1.54, 1.807) is 41.3 Å². The molecule has 2 amide bonds. The lowest BCUT2D eigenvalue weighted by atomic mass is 10.1. The summed E-state index contributed by atoms with van der Waals surface area (Å²) in [6.07, 6.45) is 1.89. The zero-order chi connectivity index (χ0) is 25.7. The van der Waals surface area contributed by atoms with Gasteiger partial charge in [0, 0.05) is 18.1 Å². The minimum absolute atomic E-state index is 0.00402. The molecule has 10 heteroatoms. The van der Waals surface area contributed by atoms with E-state index in [9.17, 15) is 18.0 Å². The minimum atomic E-state index is -4.12. The summed E-state index contributed by atoms with van der Waals surface area (Å²) in [5.41, 5.74) is 0.966. The maximum atomic E-state index is 13.6. The molecule has 0 aliphatic carbocycles. The molecule has 0 bridgehead atoms. The van der Waals surface area contributed by atoms with Crippen LogP contribution in [-0.2, 0) is 14.8 Å². The number of anilines is 2. The number of amides is 2. The third-order valence-corrected chi connectivity index (χ3v) is 7.91. The van der Waals surface area contributed by atoms with Crippen molar-refractivity contribution < 1.29 is 22.7 Å². The summed E-state index contributed by atoms with van der Waals surface area (Å²) >= 11 is 6.00. The second kappa shape index (κ2) is 11.0. The van der Waals surface area contributed by atoms with Gasteiger partial charge in [0.2, 0.25) is 5.91 Å². The van der Waals surface area contributed by atoms with Crippen molar-refractivity contribution in [1.82, 2.24) is 4.90 Å². The average molecular weight is 528 g/mol. The number of para-hydroxylation sites is 1. The number of carbonyl (C=O) groups excluding carboxylic acids is 2. The van der Waals surface area contributed by atoms with Gasteiger partial charge in [-0.25, -0.2) is 8.42 Å². The number of methoxy groups -OCH3 is 1. The number of sulfonamides is 1. The number of hydrogen-bond acceptors (Lipinski definition) is 5. The summed E-state index contributed by atoms with van der Waals surface area (Å²) < 4.78 is 33.3. The molecule has 1 saturated heterocycles. The SMILES string of the molecule is COc1ccc(S(=O)(=O)N(CC(=O)Nc2ccccc2C(=O)N2CCCC2)c2ccc(Cl)cc2)cc1. The molecule has 1 N–H and O–H groups in total. The van der Waals surface area contributed by atoms with Crippen LogP contribution in [0.2, 0.25) is 5.02 Å². The fourth-order valence-corrected chi connectivity index (χ4v) is 5.53. The van der Waals surface area contributed by atoms with E-state index in [4.69, 9.17) is 16.3 Å². The number of hydrogen-bond donors (Lipinski definition) is 1. The van der Waals surface area contributed by atoms with Gasteiger partial charge in [-0.1, -0.05) is 23.7 Å². The van der Waals surface area contributed by atoms with Gasteiger partial charge in [-0.15, -0.1) is 0 Å². The van der Waals surface area contributed by atoms with Crippen LogP contribution in [0, 0.1) is 0 Å². The van der Waals surface area contributed by atoms with Crippen molar-refractivity contribution >= 4 is 44.8 Å². The van der Waals surface area contributed by atoms with Gasteiger partial charge < -0.3 is 15.0 Å². The molecule has 0 atom stereocenters. The maximum Gasteiger partial charge on any atom is 0.264 e. The van der Waals surface area contributed by atoms with Crippen molar-refractivity contribution in [3.8, 4) is 5.75 Å². The van der Waals surface area contributed by atoms with Gasteiger partial charge in [-0.2, -0.15) is 0 Å². The topological polar surface area (TPSA) is 96.0 Å². The number of nitrogens with zero attached hydrogens (tertiary/aromatic N) is 2. The largest absolute Gasteiger partial charge is 0.497 e. The van der Waals surface area contributed by atoms with E-state index in [1.165, 1.54) is 43.5 Å². The molecule has 0 unspecified atom stereocenters. The van der Waals surface area contributed by atoms with Crippen molar-refractivity contribution in [2.45, 2.75) is 17.7 Å². The molecule has 1 aliphatic heterocycles. The first kappa shape index (κ1) is 25.5. The highest BCUT2D eigenvalue weighted by Gasteiger charge is 2.28. The first-order valence-electron chi connectivity index (χ1n) is 11.4. The van der Waals surface area contributed by atoms with Crippen LogP contribution in [0.3, 0.4) is 0 Å². The highest BCUT2D eigenvalue weighted by molar-refractivity contribution is 7.92. The number of likely N-dealkylation sites (tertiary alicyclic amines) is 1. The molecule has 0 aromatic heterocycles. The second-order valence-electron chi connectivity index (χ2n) is 8.26. The average Bonchev–Trinajstić information content (AvgIpc) is 3.43. The van der Waals surface area contributed by atoms with Gasteiger partial charge >= 0.3 is 0 Å². The summed E-state index contributed by atoms with van der Waals surface area (Å²) in [5, 5.41) is 3.16. The molecule has 1 heterocycles. The third kappa shape index (κ3) is 5.63. The van der Waals surface area contributed by atoms with Crippen LogP contribution < -0.4 is 14.4 Å². The van der Waals surface area contributed by atoms with Crippen molar-refractivity contribution in [1.29, 1.82) is 0 Å². The second-order valence-corrected chi connectivity index (χ2v) is 10.6. The molecule has 36 heavy (non-hydrogen) atoms. The fraction of sp³-hybridized carbons (Fsp3) is 0.231. The highest BCUT2D eigenvalue weighted by atomic mass is 35.5. The Kier molecular flexibility index (Phi) is 7.81. The first-order valence-corrected chi connectivity index (χ1v) is 13.2. The molecule has 3 aromatic carbocycles. The van der Waals surface area contributed by atoms with Crippen molar-refractivity contribution in [3.63, 3.8) is 0 Å². The molecule has 8 nitrogen and oxygen atoms in total. The van der Waals surface area contributed by atoms with E-state index >= 15 is 0 Å². The van der Waals surface area contributed by atoms with Gasteiger partial charge in [-0.3, -0.25) is 13.9 Å². The number of ether oxygens (including phenoxy) is 1. The zero-order valence-electron chi connectivity index (χ0n) is 19.7. The van der Waals surface area contributed by atoms with Gasteiger partial charge in [0.05, 0.1) is 28.9 Å². The zero-order valence-corrected chi connectivity index (χ0v) is 21.3. The van der Waals surface area contributed by atoms with Gasteiger partial charge in [0.1, 0.15) is 12.3 Å². The van der Waals surface area contributed by atoms with Gasteiger partial charge in [0.15, 0.2) is 0 Å². The third-order valence-electron chi connectivity index (χ3n) is 5.87. The number of benzene rings is 3. The Bertz CT molecular complexity index is 1340. The fourth-order valence-electron chi connectivity index (χ4n) is 3.99. The standard InChI is InChI=1S/C26H26ClN3O5S/c1-35-21-12-14-22(15-13-21)36(33,34)30(20-10-8-19(27)9-11-20)18-25(31)28-24-7-3-2-6-23(24)26(32)29-16-4-5-17-29/h2-3,6-15H,4-5,16-18H2,1H3,(H,28,31). The van der Waals surface area contributed by atoms with Crippen LogP contribution in [0.1, 0.15) is 23.2 Å². The smallest absolute Gasteiger partial charge is 0.264 e. The molecule has 188 valence electrons. The minimum Gasteiger partial charge on any atom is -0.497 e. The summed E-state index contributed by atoms with van der Waals surface area (Å²) in [6.45, 7) is 0.833. The highest BCUT2D eigenvalue weighted by Crippen LogP contribution is 2.27. The van der Waals surface area contributed by atoms with E-state index in [1.807, 2.05) is 0 Å². The van der Waals surface area contributed by atoms with Crippen LogP contribution in [0.15, 0.2) is 77.7 Å². The maximum absolute atomic E-state index is 13.6. The van der Waals surface area contributed by atoms with Crippen molar-refractivity contribution in [3.05, 3.63) is 83.4 Å². The molecule has 0 radical (unpaired) electrons. The lowest BCUT2D eigenvalue weighted by Crippen LogP contribution is -2.38. The molecular weight excluding hydrogens is 502 g/mol. The Labute approximate surface area is 215 Å². The monoisotopic (exact) mass is 527 g/mol. The number of halogens is 1. The molecule has 1 fully saturated rings. The number of carbonyl (C=O) groups is 2. The number of rotatable bonds is 8. The Morgan fingerprint density at radius 3 is 2.25 bits per heavy atom. The predicted molar refractivity (Wildman–Crippen MR) is 139 cm³/mol. The van der Waals surface area contributed by atoms with Crippen LogP contribution in [0.25, 0.3) is 0 Å². The van der Waals surface area contributed by atoms with Crippen LogP contribution in [0.5, 0.6) is 5.75 Å². The summed E-state index contributed by atoms with van der Waals surface area (Å²) in [5.74, 6) is -0.253. The number of nitrogens with one attached hydrogen (secondary N) is 1. The molecule has 0 saturated carbocycles. The normalized spacial score (nSPS) is 13.3. The molecular formula is C26H26ClN3O5S. The summed E-state index contributed by atoms with van der Waals surface area (Å²) in [4.78, 5) is 27.9. The Balaban J connectivity index is 1.62. The van der Waals surface area contributed by atoms with Gasteiger partial charge in [-0.05, 0) is 73.5 Å². The van der Waals surface area contributed by atoms with E-state index in [0.29, 0.717) is 35.1 Å². The summed E-state index contributed by atoms with van der Waals surface area (Å²) in [6, 6.07) is 18.8. The summed E-state index contributed by atoms with van der Waals surface area (Å²) in [7, 11) is -2.63. The molecule has 3 aromatic rings. The van der Waals surface area contributed by atoms with E-state index in [2.05, 4.69) is 5.32 Å². The predicted octanol–water partition coefficient (Wildman–Crippen LogP) is 4.42. The van der Waals surface area contributed by atoms with E-state index < -0.39 is 22.5 Å². The van der Waals surface area contributed by atoms with E-state index in [-0.39, 0.29) is 16.5 Å². The van der Waals surface area contributed by atoms with Gasteiger partial charge in [0.25, 0.3) is 15.9 Å².